The highest BCUT2D eigenvalue weighted by Crippen LogP contribution is 2.62. The normalized spacial score (nSPS) is 20.0. The first-order chi connectivity index (χ1) is 34.7. The van der Waals surface area contributed by atoms with E-state index in [1.165, 1.54) is 91.2 Å². The Morgan fingerprint density at radius 3 is 1.55 bits per heavy atom. The van der Waals surface area contributed by atoms with E-state index in [1.54, 1.807) is 0 Å². The van der Waals surface area contributed by atoms with E-state index in [9.17, 15) is 0 Å². The zero-order valence-electron chi connectivity index (χ0n) is 40.4. The Morgan fingerprint density at radius 2 is 0.944 bits per heavy atom. The summed E-state index contributed by atoms with van der Waals surface area (Å²) in [5.74, 6) is 0. The maximum Gasteiger partial charge on any atom is 0.252 e. The van der Waals surface area contributed by atoms with Crippen LogP contribution in [0.1, 0.15) is 70.1 Å². The molecule has 0 bridgehead atoms. The zero-order chi connectivity index (χ0) is 47.1. The third-order valence-electron chi connectivity index (χ3n) is 18.2. The van der Waals surface area contributed by atoms with E-state index < -0.39 is 0 Å². The number of para-hydroxylation sites is 2. The minimum Gasteiger partial charge on any atom is -0.456 e. The van der Waals surface area contributed by atoms with Crippen molar-refractivity contribution in [2.24, 2.45) is 0 Å². The third-order valence-corrected chi connectivity index (χ3v) is 18.2. The van der Waals surface area contributed by atoms with Gasteiger partial charge >= 0.3 is 0 Å². The SMILES string of the molecule is CC1(C)c2cccc3c2B2c4c(cc(N5c6ccc(-c7ccccc7)cc6C6(C)CCCCC56C)cc4N(c4ccc5c(c4)oc4ccccc45)c4cccc1c42)N3c1ccc2c(c1)oc1ccccc12. The average Bonchev–Trinajstić information content (AvgIpc) is 4.03. The summed E-state index contributed by atoms with van der Waals surface area (Å²) >= 11 is 0. The summed E-state index contributed by atoms with van der Waals surface area (Å²) in [7, 11) is 0. The fourth-order valence-corrected chi connectivity index (χ4v) is 14.6. The summed E-state index contributed by atoms with van der Waals surface area (Å²) in [6.45, 7) is 9.99. The van der Waals surface area contributed by atoms with Crippen molar-refractivity contribution < 1.29 is 8.83 Å². The molecule has 71 heavy (non-hydrogen) atoms. The number of fused-ring (bicyclic) bond motifs is 9. The van der Waals surface area contributed by atoms with Crippen LogP contribution in [0.25, 0.3) is 55.0 Å². The van der Waals surface area contributed by atoms with E-state index in [-0.39, 0.29) is 23.1 Å². The number of hydrogen-bond donors (Lipinski definition) is 0. The summed E-state index contributed by atoms with van der Waals surface area (Å²) in [6.07, 6.45) is 4.65. The van der Waals surface area contributed by atoms with E-state index in [0.717, 1.165) is 68.1 Å². The standard InChI is InChI=1S/C65H50BN3O2/c1-63(2)48-20-14-22-52-60(48)66-61-49(63)21-15-23-53(61)68(42-28-30-47-45-19-9-11-25-57(45)71-59(47)38-42)55-36-43(35-54(62(55)66)67(52)41-27-29-46-44-18-8-10-24-56(44)70-58(46)37-41)69-51-31-26-40(39-16-6-5-7-17-39)34-50(51)64(3)32-12-13-33-65(64,69)4/h5-11,14-31,34-38H,12-13,32-33H2,1-4H3. The number of benzene rings is 9. The van der Waals surface area contributed by atoms with Gasteiger partial charge in [0.05, 0.1) is 5.54 Å². The van der Waals surface area contributed by atoms with Crippen LogP contribution in [-0.2, 0) is 10.8 Å². The molecule has 5 aliphatic rings. The first-order valence-corrected chi connectivity index (χ1v) is 25.6. The smallest absolute Gasteiger partial charge is 0.252 e. The summed E-state index contributed by atoms with van der Waals surface area (Å²) in [6, 6.07) is 68.1. The lowest BCUT2D eigenvalue weighted by atomic mass is 9.28. The van der Waals surface area contributed by atoms with Gasteiger partial charge in [-0.1, -0.05) is 131 Å². The molecule has 0 amide bonds. The van der Waals surface area contributed by atoms with Crippen LogP contribution >= 0.6 is 0 Å². The second-order valence-corrected chi connectivity index (χ2v) is 21.9. The monoisotopic (exact) mass is 915 g/mol. The van der Waals surface area contributed by atoms with Gasteiger partial charge in [0.15, 0.2) is 0 Å². The maximum absolute atomic E-state index is 6.70. The Bertz CT molecular complexity index is 3930. The van der Waals surface area contributed by atoms with Crippen LogP contribution in [0.15, 0.2) is 191 Å². The van der Waals surface area contributed by atoms with E-state index in [4.69, 9.17) is 8.83 Å². The predicted molar refractivity (Wildman–Crippen MR) is 295 cm³/mol. The fraction of sp³-hybridized carbons (Fsp3) is 0.169. The van der Waals surface area contributed by atoms with Crippen LogP contribution in [0.2, 0.25) is 0 Å². The van der Waals surface area contributed by atoms with Crippen LogP contribution < -0.4 is 31.1 Å². The minimum atomic E-state index is -0.261. The van der Waals surface area contributed by atoms with Crippen molar-refractivity contribution >= 4 is 112 Å². The summed E-state index contributed by atoms with van der Waals surface area (Å²) in [5, 5.41) is 4.54. The van der Waals surface area contributed by atoms with Gasteiger partial charge in [-0.15, -0.1) is 0 Å². The first-order valence-electron chi connectivity index (χ1n) is 25.6. The fourth-order valence-electron chi connectivity index (χ4n) is 14.6. The van der Waals surface area contributed by atoms with E-state index in [1.807, 2.05) is 0 Å². The number of furan rings is 2. The summed E-state index contributed by atoms with van der Waals surface area (Å²) in [4.78, 5) is 7.94. The highest BCUT2D eigenvalue weighted by atomic mass is 16.3. The molecule has 6 heterocycles. The molecular weight excluding hydrogens is 866 g/mol. The first kappa shape index (κ1) is 39.8. The molecule has 340 valence electrons. The van der Waals surface area contributed by atoms with Gasteiger partial charge in [-0.3, -0.25) is 0 Å². The van der Waals surface area contributed by atoms with Crippen molar-refractivity contribution in [1.82, 2.24) is 0 Å². The molecule has 0 N–H and O–H groups in total. The number of anilines is 8. The second-order valence-electron chi connectivity index (χ2n) is 21.9. The number of rotatable bonds is 4. The zero-order valence-corrected chi connectivity index (χ0v) is 40.4. The Balaban J connectivity index is 1.02. The molecule has 16 rings (SSSR count). The molecule has 0 saturated heterocycles. The lowest BCUT2D eigenvalue weighted by Gasteiger charge is -2.52. The molecule has 5 nitrogen and oxygen atoms in total. The van der Waals surface area contributed by atoms with Crippen LogP contribution in [0.5, 0.6) is 0 Å². The highest BCUT2D eigenvalue weighted by molar-refractivity contribution is 7.01. The van der Waals surface area contributed by atoms with Gasteiger partial charge in [-0.25, -0.2) is 0 Å². The van der Waals surface area contributed by atoms with Gasteiger partial charge in [-0.2, -0.15) is 0 Å². The van der Waals surface area contributed by atoms with Crippen LogP contribution in [0.4, 0.5) is 45.5 Å². The van der Waals surface area contributed by atoms with E-state index >= 15 is 0 Å². The molecule has 2 aromatic heterocycles. The van der Waals surface area contributed by atoms with Crippen molar-refractivity contribution in [2.45, 2.75) is 69.7 Å². The van der Waals surface area contributed by atoms with E-state index in [0.29, 0.717) is 0 Å². The Morgan fingerprint density at radius 1 is 0.394 bits per heavy atom. The maximum atomic E-state index is 6.70. The molecular formula is C65H50BN3O2. The summed E-state index contributed by atoms with van der Waals surface area (Å²) < 4.78 is 13.4. The van der Waals surface area contributed by atoms with Gasteiger partial charge in [-0.05, 0) is 137 Å². The Kier molecular flexibility index (Phi) is 7.67. The van der Waals surface area contributed by atoms with Gasteiger partial charge in [0.1, 0.15) is 22.3 Å². The molecule has 0 radical (unpaired) electrons. The molecule has 1 fully saturated rings. The number of nitrogens with zero attached hydrogens (tertiary/aromatic N) is 3. The highest BCUT2D eigenvalue weighted by Gasteiger charge is 2.59. The minimum absolute atomic E-state index is 0.0201. The van der Waals surface area contributed by atoms with Crippen molar-refractivity contribution in [3.63, 3.8) is 0 Å². The van der Waals surface area contributed by atoms with Gasteiger partial charge < -0.3 is 23.5 Å². The van der Waals surface area contributed by atoms with Crippen LogP contribution in [0, 0.1) is 0 Å². The molecule has 4 aliphatic heterocycles. The quantitative estimate of drug-likeness (QED) is 0.164. The van der Waals surface area contributed by atoms with Gasteiger partial charge in [0.25, 0.3) is 6.71 Å². The molecule has 1 aliphatic carbocycles. The molecule has 9 aromatic carbocycles. The Hall–Kier alpha value is -7.96. The number of hydrogen-bond acceptors (Lipinski definition) is 5. The lowest BCUT2D eigenvalue weighted by Crippen LogP contribution is -2.67. The van der Waals surface area contributed by atoms with Crippen molar-refractivity contribution in [3.05, 3.63) is 199 Å². The summed E-state index contributed by atoms with van der Waals surface area (Å²) in [5.41, 5.74) is 23.5. The molecule has 0 spiro atoms. The molecule has 6 heteroatoms. The third kappa shape index (κ3) is 5.02. The van der Waals surface area contributed by atoms with Crippen LogP contribution in [0.3, 0.4) is 0 Å². The van der Waals surface area contributed by atoms with Crippen molar-refractivity contribution in [2.75, 3.05) is 14.7 Å². The van der Waals surface area contributed by atoms with Crippen molar-refractivity contribution in [1.29, 1.82) is 0 Å². The van der Waals surface area contributed by atoms with Gasteiger partial charge in [0.2, 0.25) is 0 Å². The van der Waals surface area contributed by atoms with Gasteiger partial charge in [0, 0.05) is 90.0 Å². The predicted octanol–water partition coefficient (Wildman–Crippen LogP) is 15.6. The molecule has 2 unspecified atom stereocenters. The van der Waals surface area contributed by atoms with E-state index in [2.05, 4.69) is 224 Å². The van der Waals surface area contributed by atoms with Crippen LogP contribution in [-0.4, -0.2) is 12.3 Å². The topological polar surface area (TPSA) is 36.0 Å². The molecule has 11 aromatic rings. The lowest BCUT2D eigenvalue weighted by molar-refractivity contribution is 0.195. The van der Waals surface area contributed by atoms with Crippen molar-refractivity contribution in [3.8, 4) is 11.1 Å². The Labute approximate surface area is 413 Å². The molecule has 1 saturated carbocycles. The second kappa shape index (κ2) is 13.7. The average molecular weight is 916 g/mol. The molecule has 2 atom stereocenters. The largest absolute Gasteiger partial charge is 0.456 e.